The third kappa shape index (κ3) is 4.62. The molecule has 0 radical (unpaired) electrons. The second-order valence-electron chi connectivity index (χ2n) is 3.98. The highest BCUT2D eigenvalue weighted by Crippen LogP contribution is 2.29. The first-order chi connectivity index (χ1) is 9.22. The van der Waals surface area contributed by atoms with Crippen molar-refractivity contribution in [2.75, 3.05) is 14.2 Å². The Labute approximate surface area is 113 Å². The number of hydrazone groups is 1. The topological polar surface area (TPSA) is 59.9 Å². The number of carbonyl (C=O) groups excluding carboxylic acids is 1. The number of nitrogens with zero attached hydrogens (tertiary/aromatic N) is 1. The monoisotopic (exact) mass is 264 g/mol. The first-order valence-electron chi connectivity index (χ1n) is 6.25. The Balaban J connectivity index is 2.68. The first kappa shape index (κ1) is 15.0. The quantitative estimate of drug-likeness (QED) is 0.607. The van der Waals surface area contributed by atoms with E-state index in [2.05, 4.69) is 10.5 Å². The maximum Gasteiger partial charge on any atom is 0.240 e. The SMILES string of the molecule is CCCCC(=O)N/N=C\c1cccc(OC)c1OC. The van der Waals surface area contributed by atoms with E-state index in [1.807, 2.05) is 19.1 Å². The maximum absolute atomic E-state index is 11.4. The molecule has 1 amide bonds. The number of benzene rings is 1. The number of hydrogen-bond acceptors (Lipinski definition) is 4. The van der Waals surface area contributed by atoms with E-state index in [0.29, 0.717) is 17.9 Å². The van der Waals surface area contributed by atoms with Crippen molar-refractivity contribution >= 4 is 12.1 Å². The van der Waals surface area contributed by atoms with E-state index < -0.39 is 0 Å². The van der Waals surface area contributed by atoms with Crippen LogP contribution in [-0.4, -0.2) is 26.3 Å². The van der Waals surface area contributed by atoms with Crippen LogP contribution in [0.4, 0.5) is 0 Å². The van der Waals surface area contributed by atoms with Gasteiger partial charge in [-0.15, -0.1) is 0 Å². The van der Waals surface area contributed by atoms with Crippen molar-refractivity contribution in [3.05, 3.63) is 23.8 Å². The number of carbonyl (C=O) groups is 1. The van der Waals surface area contributed by atoms with Gasteiger partial charge >= 0.3 is 0 Å². The average Bonchev–Trinajstić information content (AvgIpc) is 2.44. The fraction of sp³-hybridized carbons (Fsp3) is 0.429. The molecule has 0 bridgehead atoms. The average molecular weight is 264 g/mol. The van der Waals surface area contributed by atoms with Crippen LogP contribution >= 0.6 is 0 Å². The fourth-order valence-electron chi connectivity index (χ4n) is 1.58. The highest BCUT2D eigenvalue weighted by Gasteiger charge is 2.07. The van der Waals surface area contributed by atoms with Gasteiger partial charge in [0.2, 0.25) is 5.91 Å². The van der Waals surface area contributed by atoms with Crippen molar-refractivity contribution in [3.63, 3.8) is 0 Å². The summed E-state index contributed by atoms with van der Waals surface area (Å²) in [4.78, 5) is 11.4. The van der Waals surface area contributed by atoms with Crippen LogP contribution in [0, 0.1) is 0 Å². The molecule has 1 aromatic carbocycles. The Morgan fingerprint density at radius 3 is 2.79 bits per heavy atom. The molecule has 0 unspecified atom stereocenters. The molecule has 0 aliphatic rings. The standard InChI is InChI=1S/C14H20N2O3/c1-4-5-9-13(17)16-15-10-11-7-6-8-12(18-2)14(11)19-3/h6-8,10H,4-5,9H2,1-3H3,(H,16,17)/b15-10-. The molecule has 0 heterocycles. The Hall–Kier alpha value is -2.04. The summed E-state index contributed by atoms with van der Waals surface area (Å²) in [7, 11) is 3.14. The molecule has 0 fully saturated rings. The number of amides is 1. The van der Waals surface area contributed by atoms with Crippen LogP contribution in [-0.2, 0) is 4.79 Å². The molecule has 5 nitrogen and oxygen atoms in total. The summed E-state index contributed by atoms with van der Waals surface area (Å²) in [5, 5.41) is 3.92. The van der Waals surface area contributed by atoms with E-state index in [1.165, 1.54) is 0 Å². The summed E-state index contributed by atoms with van der Waals surface area (Å²) < 4.78 is 10.4. The Kier molecular flexibility index (Phi) is 6.43. The molecule has 0 atom stereocenters. The molecule has 19 heavy (non-hydrogen) atoms. The largest absolute Gasteiger partial charge is 0.493 e. The molecule has 5 heteroatoms. The zero-order chi connectivity index (χ0) is 14.1. The minimum atomic E-state index is -0.0834. The highest BCUT2D eigenvalue weighted by molar-refractivity contribution is 5.86. The van der Waals surface area contributed by atoms with Crippen LogP contribution in [0.1, 0.15) is 31.7 Å². The molecular formula is C14H20N2O3. The first-order valence-corrected chi connectivity index (χ1v) is 6.25. The van der Waals surface area contributed by atoms with E-state index >= 15 is 0 Å². The van der Waals surface area contributed by atoms with Gasteiger partial charge in [0.25, 0.3) is 0 Å². The lowest BCUT2D eigenvalue weighted by atomic mass is 10.2. The van der Waals surface area contributed by atoms with Crippen molar-refractivity contribution in [2.24, 2.45) is 5.10 Å². The van der Waals surface area contributed by atoms with Gasteiger partial charge in [0, 0.05) is 12.0 Å². The van der Waals surface area contributed by atoms with Crippen LogP contribution in [0.25, 0.3) is 0 Å². The van der Waals surface area contributed by atoms with E-state index in [9.17, 15) is 4.79 Å². The molecule has 0 aliphatic heterocycles. The second-order valence-corrected chi connectivity index (χ2v) is 3.98. The summed E-state index contributed by atoms with van der Waals surface area (Å²) in [6.07, 6.45) is 3.89. The maximum atomic E-state index is 11.4. The molecule has 104 valence electrons. The van der Waals surface area contributed by atoms with Crippen molar-refractivity contribution < 1.29 is 14.3 Å². The number of nitrogens with one attached hydrogen (secondary N) is 1. The van der Waals surface area contributed by atoms with Crippen LogP contribution in [0.15, 0.2) is 23.3 Å². The predicted molar refractivity (Wildman–Crippen MR) is 74.8 cm³/mol. The van der Waals surface area contributed by atoms with Crippen molar-refractivity contribution in [3.8, 4) is 11.5 Å². The molecule has 1 N–H and O–H groups in total. The lowest BCUT2D eigenvalue weighted by molar-refractivity contribution is -0.121. The van der Waals surface area contributed by atoms with Gasteiger partial charge in [-0.3, -0.25) is 4.79 Å². The lowest BCUT2D eigenvalue weighted by Crippen LogP contribution is -2.16. The third-order valence-corrected chi connectivity index (χ3v) is 2.58. The Morgan fingerprint density at radius 1 is 1.37 bits per heavy atom. The third-order valence-electron chi connectivity index (χ3n) is 2.58. The van der Waals surface area contributed by atoms with Gasteiger partial charge in [0.15, 0.2) is 11.5 Å². The lowest BCUT2D eigenvalue weighted by Gasteiger charge is -2.09. The highest BCUT2D eigenvalue weighted by atomic mass is 16.5. The number of unbranched alkanes of at least 4 members (excludes halogenated alkanes) is 1. The second kappa shape index (κ2) is 8.13. The number of ether oxygens (including phenoxy) is 2. The number of hydrogen-bond donors (Lipinski definition) is 1. The minimum Gasteiger partial charge on any atom is -0.493 e. The van der Waals surface area contributed by atoms with Crippen LogP contribution in [0.3, 0.4) is 0 Å². The summed E-state index contributed by atoms with van der Waals surface area (Å²) in [5.41, 5.74) is 3.24. The van der Waals surface area contributed by atoms with Crippen LogP contribution < -0.4 is 14.9 Å². The van der Waals surface area contributed by atoms with Crippen LogP contribution in [0.2, 0.25) is 0 Å². The molecule has 0 saturated carbocycles. The summed E-state index contributed by atoms with van der Waals surface area (Å²) in [6.45, 7) is 2.04. The molecule has 1 aromatic rings. The van der Waals surface area contributed by atoms with Gasteiger partial charge in [-0.1, -0.05) is 19.4 Å². The number of rotatable bonds is 7. The van der Waals surface area contributed by atoms with E-state index in [4.69, 9.17) is 9.47 Å². The van der Waals surface area contributed by atoms with E-state index in [-0.39, 0.29) is 5.91 Å². The smallest absolute Gasteiger partial charge is 0.240 e. The van der Waals surface area contributed by atoms with Crippen molar-refractivity contribution in [1.29, 1.82) is 0 Å². The molecule has 0 saturated heterocycles. The summed E-state index contributed by atoms with van der Waals surface area (Å²) in [5.74, 6) is 1.14. The van der Waals surface area contributed by atoms with Gasteiger partial charge in [-0.2, -0.15) is 5.10 Å². The Bertz CT molecular complexity index is 444. The zero-order valence-electron chi connectivity index (χ0n) is 11.6. The minimum absolute atomic E-state index is 0.0834. The van der Waals surface area contributed by atoms with E-state index in [0.717, 1.165) is 18.4 Å². The Morgan fingerprint density at radius 2 is 2.16 bits per heavy atom. The number of para-hydroxylation sites is 1. The molecule has 0 aliphatic carbocycles. The molecule has 0 spiro atoms. The van der Waals surface area contributed by atoms with Gasteiger partial charge in [0.05, 0.1) is 20.4 Å². The summed E-state index contributed by atoms with van der Waals surface area (Å²) >= 11 is 0. The molecule has 1 rings (SSSR count). The zero-order valence-corrected chi connectivity index (χ0v) is 11.6. The predicted octanol–water partition coefficient (Wildman–Crippen LogP) is 2.34. The fourth-order valence-corrected chi connectivity index (χ4v) is 1.58. The van der Waals surface area contributed by atoms with Crippen molar-refractivity contribution in [1.82, 2.24) is 5.43 Å². The van der Waals surface area contributed by atoms with Gasteiger partial charge in [0.1, 0.15) is 0 Å². The van der Waals surface area contributed by atoms with Crippen LogP contribution in [0.5, 0.6) is 11.5 Å². The molecular weight excluding hydrogens is 244 g/mol. The van der Waals surface area contributed by atoms with Gasteiger partial charge in [-0.05, 0) is 18.6 Å². The molecule has 0 aromatic heterocycles. The van der Waals surface area contributed by atoms with Gasteiger partial charge in [-0.25, -0.2) is 5.43 Å². The van der Waals surface area contributed by atoms with Gasteiger partial charge < -0.3 is 9.47 Å². The van der Waals surface area contributed by atoms with E-state index in [1.54, 1.807) is 26.5 Å². The normalized spacial score (nSPS) is 10.5. The van der Waals surface area contributed by atoms with Crippen molar-refractivity contribution in [2.45, 2.75) is 26.2 Å². The summed E-state index contributed by atoms with van der Waals surface area (Å²) in [6, 6.07) is 5.47. The number of methoxy groups -OCH3 is 2.